The average Bonchev–Trinajstić information content (AvgIpc) is 3.30. The number of rotatable bonds is 11. The smallest absolute Gasteiger partial charge is 0.331 e. The number of nitrogens with zero attached hydrogens (tertiary/aromatic N) is 1. The molecule has 0 unspecified atom stereocenters. The van der Waals surface area contributed by atoms with Gasteiger partial charge in [0.2, 0.25) is 0 Å². The van der Waals surface area contributed by atoms with Gasteiger partial charge in [0.25, 0.3) is 5.91 Å². The van der Waals surface area contributed by atoms with E-state index in [4.69, 9.17) is 9.84 Å². The van der Waals surface area contributed by atoms with Gasteiger partial charge >= 0.3 is 5.97 Å². The lowest BCUT2D eigenvalue weighted by atomic mass is 9.88. The second-order valence-electron chi connectivity index (χ2n) is 9.24. The molecule has 1 aliphatic carbocycles. The van der Waals surface area contributed by atoms with Gasteiger partial charge in [-0.3, -0.25) is 10.1 Å². The summed E-state index contributed by atoms with van der Waals surface area (Å²) in [5, 5.41) is 12.0. The van der Waals surface area contributed by atoms with Crippen molar-refractivity contribution in [3.63, 3.8) is 0 Å². The van der Waals surface area contributed by atoms with Crippen LogP contribution in [0.3, 0.4) is 0 Å². The molecule has 0 fully saturated rings. The van der Waals surface area contributed by atoms with Gasteiger partial charge in [-0.05, 0) is 68.4 Å². The third kappa shape index (κ3) is 6.34. The molecular formula is C29H30F2N2O4S. The number of halogens is 2. The first-order chi connectivity index (χ1) is 18.3. The van der Waals surface area contributed by atoms with Crippen LogP contribution in [0, 0.1) is 11.6 Å². The molecule has 1 heterocycles. The minimum atomic E-state index is -1.29. The van der Waals surface area contributed by atoms with Crippen LogP contribution in [0.4, 0.5) is 13.9 Å². The number of carbonyl (C=O) groups is 2. The van der Waals surface area contributed by atoms with Gasteiger partial charge in [0.1, 0.15) is 11.6 Å². The highest BCUT2D eigenvalue weighted by Gasteiger charge is 2.24. The summed E-state index contributed by atoms with van der Waals surface area (Å²) in [5.41, 5.74) is 3.47. The zero-order valence-electron chi connectivity index (χ0n) is 21.4. The third-order valence-electron chi connectivity index (χ3n) is 6.46. The van der Waals surface area contributed by atoms with Crippen molar-refractivity contribution < 1.29 is 28.2 Å². The van der Waals surface area contributed by atoms with Gasteiger partial charge in [-0.2, -0.15) is 0 Å². The van der Waals surface area contributed by atoms with Crippen LogP contribution >= 0.6 is 11.3 Å². The number of aromatic nitrogens is 1. The molecule has 0 atom stereocenters. The van der Waals surface area contributed by atoms with E-state index in [1.54, 1.807) is 0 Å². The zero-order chi connectivity index (χ0) is 27.2. The number of hydrogen-bond donors (Lipinski definition) is 2. The van der Waals surface area contributed by atoms with Gasteiger partial charge in [0.15, 0.2) is 5.13 Å². The number of nitrogens with one attached hydrogen (secondary N) is 1. The van der Waals surface area contributed by atoms with Crippen LogP contribution in [-0.2, 0) is 28.8 Å². The van der Waals surface area contributed by atoms with E-state index >= 15 is 0 Å². The van der Waals surface area contributed by atoms with Crippen molar-refractivity contribution in [1.82, 2.24) is 4.98 Å². The molecule has 3 aromatic rings. The fourth-order valence-electron chi connectivity index (χ4n) is 4.42. The molecule has 0 saturated carbocycles. The molecule has 0 bridgehead atoms. The van der Waals surface area contributed by atoms with Crippen LogP contribution in [0.15, 0.2) is 35.9 Å². The Morgan fingerprint density at radius 2 is 1.89 bits per heavy atom. The molecule has 2 aromatic carbocycles. The first-order valence-electron chi connectivity index (χ1n) is 12.7. The van der Waals surface area contributed by atoms with Crippen molar-refractivity contribution in [3.8, 4) is 11.3 Å². The molecule has 9 heteroatoms. The molecule has 38 heavy (non-hydrogen) atoms. The van der Waals surface area contributed by atoms with Gasteiger partial charge in [-0.25, -0.2) is 18.6 Å². The van der Waals surface area contributed by atoms with Crippen LogP contribution < -0.4 is 5.32 Å². The Labute approximate surface area is 224 Å². The van der Waals surface area contributed by atoms with E-state index in [2.05, 4.69) is 23.3 Å². The number of aryl methyl sites for hydroxylation is 2. The van der Waals surface area contributed by atoms with Gasteiger partial charge in [-0.1, -0.05) is 31.5 Å². The predicted octanol–water partition coefficient (Wildman–Crippen LogP) is 6.68. The standard InChI is InChI=1S/C29H30F2N2O4S/c1-3-4-12-37-13-6-8-18-7-5-9-21-20(18)10-11-25-26(21)32-29(38-25)33-27(34)19-15-23(30)22(24(31)16-19)14-17(2)28(35)36/h5,7,9,14-16H,3-4,6,8,10-13H2,1-2H3,(H,35,36)(H,32,33,34)/b17-14+. The maximum absolute atomic E-state index is 14.5. The molecule has 2 N–H and O–H groups in total. The van der Waals surface area contributed by atoms with Gasteiger partial charge < -0.3 is 9.84 Å². The monoisotopic (exact) mass is 540 g/mol. The SMILES string of the molecule is CCCCOCCCc1cccc2c1CCc1sc(NC(=O)c3cc(F)c(/C=C(\C)C(=O)O)c(F)c3)nc1-2. The van der Waals surface area contributed by atoms with Crippen LogP contribution in [0.2, 0.25) is 0 Å². The van der Waals surface area contributed by atoms with E-state index in [-0.39, 0.29) is 11.1 Å². The lowest BCUT2D eigenvalue weighted by Crippen LogP contribution is -2.13. The van der Waals surface area contributed by atoms with E-state index in [1.807, 2.05) is 12.1 Å². The van der Waals surface area contributed by atoms with E-state index in [0.717, 1.165) is 86.1 Å². The summed E-state index contributed by atoms with van der Waals surface area (Å²) in [7, 11) is 0. The number of unbranched alkanes of at least 4 members (excludes halogenated alkanes) is 1. The van der Waals surface area contributed by atoms with E-state index < -0.39 is 29.1 Å². The van der Waals surface area contributed by atoms with Gasteiger partial charge in [0, 0.05) is 40.4 Å². The van der Waals surface area contributed by atoms with Crippen molar-refractivity contribution >= 4 is 34.4 Å². The highest BCUT2D eigenvalue weighted by molar-refractivity contribution is 7.16. The maximum Gasteiger partial charge on any atom is 0.331 e. The number of ether oxygens (including phenoxy) is 1. The zero-order valence-corrected chi connectivity index (χ0v) is 22.2. The lowest BCUT2D eigenvalue weighted by molar-refractivity contribution is -0.132. The number of anilines is 1. The van der Waals surface area contributed by atoms with Crippen LogP contribution in [-0.4, -0.2) is 35.2 Å². The van der Waals surface area contributed by atoms with Crippen molar-refractivity contribution in [3.05, 3.63) is 74.7 Å². The van der Waals surface area contributed by atoms with Gasteiger partial charge in [0.05, 0.1) is 5.69 Å². The molecule has 0 saturated heterocycles. The number of benzene rings is 2. The molecule has 200 valence electrons. The summed E-state index contributed by atoms with van der Waals surface area (Å²) in [5.74, 6) is -4.03. The Morgan fingerprint density at radius 1 is 1.16 bits per heavy atom. The first-order valence-corrected chi connectivity index (χ1v) is 13.5. The summed E-state index contributed by atoms with van der Waals surface area (Å²) in [6, 6.07) is 7.98. The minimum Gasteiger partial charge on any atom is -0.478 e. The van der Waals surface area contributed by atoms with E-state index in [1.165, 1.54) is 29.4 Å². The Hall–Kier alpha value is -3.43. The number of hydrogen-bond acceptors (Lipinski definition) is 5. The predicted molar refractivity (Wildman–Crippen MR) is 145 cm³/mol. The molecule has 0 radical (unpaired) electrons. The molecule has 6 nitrogen and oxygen atoms in total. The molecular weight excluding hydrogens is 510 g/mol. The van der Waals surface area contributed by atoms with Crippen molar-refractivity contribution in [2.24, 2.45) is 0 Å². The topological polar surface area (TPSA) is 88.5 Å². The largest absolute Gasteiger partial charge is 0.478 e. The van der Waals surface area contributed by atoms with Crippen molar-refractivity contribution in [2.45, 2.75) is 52.4 Å². The number of carbonyl (C=O) groups excluding carboxylic acids is 1. The highest BCUT2D eigenvalue weighted by Crippen LogP contribution is 2.39. The fourth-order valence-corrected chi connectivity index (χ4v) is 5.39. The molecule has 4 rings (SSSR count). The Balaban J connectivity index is 1.48. The number of aliphatic carboxylic acids is 1. The number of carboxylic acid groups (broad SMARTS) is 1. The Bertz CT molecular complexity index is 1360. The first kappa shape index (κ1) is 27.6. The number of thiazole rings is 1. The van der Waals surface area contributed by atoms with Crippen LogP contribution in [0.5, 0.6) is 0 Å². The molecule has 1 aromatic heterocycles. The van der Waals surface area contributed by atoms with Gasteiger partial charge in [-0.15, -0.1) is 11.3 Å². The quantitative estimate of drug-likeness (QED) is 0.209. The minimum absolute atomic E-state index is 0.220. The third-order valence-corrected chi connectivity index (χ3v) is 7.50. The highest BCUT2D eigenvalue weighted by atomic mass is 32.1. The second-order valence-corrected chi connectivity index (χ2v) is 10.3. The molecule has 0 aliphatic heterocycles. The molecule has 1 aliphatic rings. The lowest BCUT2D eigenvalue weighted by Gasteiger charge is -2.18. The van der Waals surface area contributed by atoms with E-state index in [9.17, 15) is 18.4 Å². The van der Waals surface area contributed by atoms with Crippen molar-refractivity contribution in [2.75, 3.05) is 18.5 Å². The Morgan fingerprint density at radius 3 is 2.61 bits per heavy atom. The summed E-state index contributed by atoms with van der Waals surface area (Å²) in [6.45, 7) is 4.91. The number of amides is 1. The Kier molecular flexibility index (Phi) is 9.01. The van der Waals surface area contributed by atoms with Crippen LogP contribution in [0.25, 0.3) is 17.3 Å². The van der Waals surface area contributed by atoms with Crippen LogP contribution in [0.1, 0.15) is 65.0 Å². The maximum atomic E-state index is 14.5. The fraction of sp³-hybridized carbons (Fsp3) is 0.345. The summed E-state index contributed by atoms with van der Waals surface area (Å²) in [6.07, 6.45) is 6.64. The normalized spacial score (nSPS) is 12.7. The van der Waals surface area contributed by atoms with E-state index in [0.29, 0.717) is 5.13 Å². The summed E-state index contributed by atoms with van der Waals surface area (Å²) in [4.78, 5) is 29.5. The molecule has 1 amide bonds. The number of fused-ring (bicyclic) bond motifs is 3. The summed E-state index contributed by atoms with van der Waals surface area (Å²) >= 11 is 1.35. The molecule has 0 spiro atoms. The number of carboxylic acids is 1. The average molecular weight is 541 g/mol. The second kappa shape index (κ2) is 12.4. The van der Waals surface area contributed by atoms with Crippen molar-refractivity contribution in [1.29, 1.82) is 0 Å². The summed E-state index contributed by atoms with van der Waals surface area (Å²) < 4.78 is 34.7.